The number of fused-ring (bicyclic) bond motifs is 2. The Labute approximate surface area is 146 Å². The van der Waals surface area contributed by atoms with E-state index in [-0.39, 0.29) is 11.7 Å². The molecule has 25 heavy (non-hydrogen) atoms. The van der Waals surface area contributed by atoms with Crippen LogP contribution in [0.15, 0.2) is 22.7 Å². The summed E-state index contributed by atoms with van der Waals surface area (Å²) in [6.45, 7) is 1.60. The third kappa shape index (κ3) is 2.55. The summed E-state index contributed by atoms with van der Waals surface area (Å²) in [5, 5.41) is 5.09. The lowest BCUT2D eigenvalue weighted by Crippen LogP contribution is -2.39. The van der Waals surface area contributed by atoms with Gasteiger partial charge < -0.3 is 9.42 Å². The number of likely N-dealkylation sites (tertiary alicyclic amines) is 1. The van der Waals surface area contributed by atoms with Gasteiger partial charge in [-0.15, -0.1) is 0 Å². The molecule has 3 fully saturated rings. The molecule has 3 aliphatic rings. The van der Waals surface area contributed by atoms with E-state index in [9.17, 15) is 9.18 Å². The van der Waals surface area contributed by atoms with Crippen molar-refractivity contribution >= 4 is 16.9 Å². The van der Waals surface area contributed by atoms with Crippen molar-refractivity contribution in [3.8, 4) is 0 Å². The molecule has 2 aromatic rings. The smallest absolute Gasteiger partial charge is 0.226 e. The minimum absolute atomic E-state index is 0.289. The standard InChI is InChI=1S/C20H23FN2O2/c21-13-5-6-16-17(11-13)25-22-19(16)12-7-9-23(10-8-12)20(24)18-14-3-1-2-4-15(14)18/h5-6,11-12,14-15,18H,1-4,7-10H2/t14-,15-/m0/s1. The van der Waals surface area contributed by atoms with Gasteiger partial charge in [-0.1, -0.05) is 18.0 Å². The second-order valence-corrected chi connectivity index (χ2v) is 7.95. The van der Waals surface area contributed by atoms with Crippen LogP contribution < -0.4 is 0 Å². The zero-order valence-corrected chi connectivity index (χ0v) is 14.3. The Bertz CT molecular complexity index is 797. The number of aromatic nitrogens is 1. The van der Waals surface area contributed by atoms with Gasteiger partial charge in [-0.3, -0.25) is 4.79 Å². The van der Waals surface area contributed by atoms with Gasteiger partial charge in [0, 0.05) is 36.4 Å². The minimum atomic E-state index is -0.304. The Hall–Kier alpha value is -1.91. The predicted octanol–water partition coefficient (Wildman–Crippen LogP) is 4.11. The number of rotatable bonds is 2. The van der Waals surface area contributed by atoms with E-state index < -0.39 is 0 Å². The molecule has 5 rings (SSSR count). The third-order valence-electron chi connectivity index (χ3n) is 6.60. The molecular weight excluding hydrogens is 319 g/mol. The van der Waals surface area contributed by atoms with Crippen LogP contribution in [0.5, 0.6) is 0 Å². The highest BCUT2D eigenvalue weighted by Crippen LogP contribution is 2.56. The van der Waals surface area contributed by atoms with Crippen molar-refractivity contribution in [1.82, 2.24) is 10.1 Å². The molecule has 132 valence electrons. The number of halogens is 1. The summed E-state index contributed by atoms with van der Waals surface area (Å²) in [5.74, 6) is 2.04. The van der Waals surface area contributed by atoms with Crippen LogP contribution in [0.25, 0.3) is 11.0 Å². The van der Waals surface area contributed by atoms with Crippen molar-refractivity contribution in [2.75, 3.05) is 13.1 Å². The van der Waals surface area contributed by atoms with Crippen molar-refractivity contribution < 1.29 is 13.7 Å². The first-order valence-corrected chi connectivity index (χ1v) is 9.56. The fourth-order valence-electron chi connectivity index (χ4n) is 5.17. The second kappa shape index (κ2) is 5.82. The lowest BCUT2D eigenvalue weighted by molar-refractivity contribution is -0.134. The minimum Gasteiger partial charge on any atom is -0.356 e. The molecule has 5 heteroatoms. The molecule has 1 amide bonds. The molecule has 0 N–H and O–H groups in total. The molecule has 0 unspecified atom stereocenters. The number of piperidine rings is 1. The van der Waals surface area contributed by atoms with E-state index in [1.165, 1.54) is 37.8 Å². The van der Waals surface area contributed by atoms with Crippen molar-refractivity contribution in [2.45, 2.75) is 44.4 Å². The Kier molecular flexibility index (Phi) is 3.57. The van der Waals surface area contributed by atoms with E-state index in [0.717, 1.165) is 37.0 Å². The summed E-state index contributed by atoms with van der Waals surface area (Å²) in [7, 11) is 0. The average molecular weight is 342 g/mol. The van der Waals surface area contributed by atoms with Crippen LogP contribution >= 0.6 is 0 Å². The summed E-state index contributed by atoms with van der Waals surface area (Å²) >= 11 is 0. The summed E-state index contributed by atoms with van der Waals surface area (Å²) in [6, 6.07) is 4.60. The zero-order chi connectivity index (χ0) is 17.0. The first-order chi connectivity index (χ1) is 12.2. The predicted molar refractivity (Wildman–Crippen MR) is 91.5 cm³/mol. The van der Waals surface area contributed by atoms with Crippen LogP contribution in [-0.4, -0.2) is 29.1 Å². The van der Waals surface area contributed by atoms with Crippen molar-refractivity contribution in [3.63, 3.8) is 0 Å². The molecule has 0 bridgehead atoms. The average Bonchev–Trinajstić information content (AvgIpc) is 3.23. The maximum Gasteiger partial charge on any atom is 0.226 e. The lowest BCUT2D eigenvalue weighted by atomic mass is 9.91. The van der Waals surface area contributed by atoms with Crippen LogP contribution in [0.2, 0.25) is 0 Å². The fourth-order valence-corrected chi connectivity index (χ4v) is 5.17. The number of carbonyl (C=O) groups is 1. The summed E-state index contributed by atoms with van der Waals surface area (Å²) in [6.07, 6.45) is 6.91. The van der Waals surface area contributed by atoms with E-state index in [1.54, 1.807) is 6.07 Å². The zero-order valence-electron chi connectivity index (χ0n) is 14.3. The number of amides is 1. The van der Waals surface area contributed by atoms with Gasteiger partial charge in [0.2, 0.25) is 5.91 Å². The monoisotopic (exact) mass is 342 g/mol. The second-order valence-electron chi connectivity index (χ2n) is 7.95. The first-order valence-electron chi connectivity index (χ1n) is 9.56. The molecular formula is C20H23FN2O2. The molecule has 1 saturated heterocycles. The maximum absolute atomic E-state index is 13.3. The van der Waals surface area contributed by atoms with Gasteiger partial charge in [0.1, 0.15) is 5.82 Å². The van der Waals surface area contributed by atoms with Crippen LogP contribution in [-0.2, 0) is 4.79 Å². The third-order valence-corrected chi connectivity index (χ3v) is 6.60. The van der Waals surface area contributed by atoms with E-state index in [0.29, 0.717) is 29.2 Å². The Balaban J connectivity index is 1.26. The number of hydrogen-bond acceptors (Lipinski definition) is 3. The quantitative estimate of drug-likeness (QED) is 0.825. The molecule has 0 spiro atoms. The molecule has 2 atom stereocenters. The Morgan fingerprint density at radius 1 is 1.12 bits per heavy atom. The lowest BCUT2D eigenvalue weighted by Gasteiger charge is -2.31. The number of hydrogen-bond donors (Lipinski definition) is 0. The van der Waals surface area contributed by atoms with Gasteiger partial charge in [-0.25, -0.2) is 4.39 Å². The number of nitrogens with zero attached hydrogens (tertiary/aromatic N) is 2. The Morgan fingerprint density at radius 2 is 1.84 bits per heavy atom. The highest BCUT2D eigenvalue weighted by atomic mass is 19.1. The number of carbonyl (C=O) groups excluding carboxylic acids is 1. The van der Waals surface area contributed by atoms with Gasteiger partial charge in [-0.05, 0) is 49.7 Å². The fraction of sp³-hybridized carbons (Fsp3) is 0.600. The van der Waals surface area contributed by atoms with E-state index in [4.69, 9.17) is 4.52 Å². The first kappa shape index (κ1) is 15.4. The van der Waals surface area contributed by atoms with Gasteiger partial charge in [0.25, 0.3) is 0 Å². The SMILES string of the molecule is O=C(C1[C@H]2CCCC[C@H]12)N1CCC(c2noc3cc(F)ccc23)CC1. The molecule has 2 saturated carbocycles. The summed E-state index contributed by atoms with van der Waals surface area (Å²) in [5.41, 5.74) is 1.43. The van der Waals surface area contributed by atoms with Crippen molar-refractivity contribution in [3.05, 3.63) is 29.7 Å². The van der Waals surface area contributed by atoms with Crippen molar-refractivity contribution in [1.29, 1.82) is 0 Å². The van der Waals surface area contributed by atoms with Crippen molar-refractivity contribution in [2.24, 2.45) is 17.8 Å². The normalized spacial score (nSPS) is 29.6. The van der Waals surface area contributed by atoms with E-state index >= 15 is 0 Å². The highest BCUT2D eigenvalue weighted by molar-refractivity contribution is 5.83. The van der Waals surface area contributed by atoms with Gasteiger partial charge >= 0.3 is 0 Å². The van der Waals surface area contributed by atoms with E-state index in [2.05, 4.69) is 10.1 Å². The maximum atomic E-state index is 13.3. The van der Waals surface area contributed by atoms with Crippen LogP contribution in [0.1, 0.15) is 50.1 Å². The molecule has 0 radical (unpaired) electrons. The molecule has 1 aliphatic heterocycles. The topological polar surface area (TPSA) is 46.3 Å². The van der Waals surface area contributed by atoms with E-state index in [1.807, 2.05) is 0 Å². The molecule has 2 aliphatic carbocycles. The highest BCUT2D eigenvalue weighted by Gasteiger charge is 2.55. The van der Waals surface area contributed by atoms with Gasteiger partial charge in [-0.2, -0.15) is 0 Å². The van der Waals surface area contributed by atoms with Crippen LogP contribution in [0, 0.1) is 23.6 Å². The summed E-state index contributed by atoms with van der Waals surface area (Å²) in [4.78, 5) is 14.9. The van der Waals surface area contributed by atoms with Crippen LogP contribution in [0.3, 0.4) is 0 Å². The number of benzene rings is 1. The molecule has 2 heterocycles. The van der Waals surface area contributed by atoms with Gasteiger partial charge in [0.05, 0.1) is 5.69 Å². The molecule has 1 aromatic heterocycles. The van der Waals surface area contributed by atoms with Gasteiger partial charge in [0.15, 0.2) is 5.58 Å². The largest absolute Gasteiger partial charge is 0.356 e. The molecule has 1 aromatic carbocycles. The summed E-state index contributed by atoms with van der Waals surface area (Å²) < 4.78 is 18.6. The Morgan fingerprint density at radius 3 is 2.56 bits per heavy atom. The van der Waals surface area contributed by atoms with Crippen LogP contribution in [0.4, 0.5) is 4.39 Å². The molecule has 4 nitrogen and oxygen atoms in total.